The van der Waals surface area contributed by atoms with Gasteiger partial charge in [-0.1, -0.05) is 61.3 Å². The number of nitrogens with zero attached hydrogens (tertiary/aromatic N) is 1. The first-order valence-corrected chi connectivity index (χ1v) is 10.2. The first-order chi connectivity index (χ1) is 14.0. The molecule has 0 saturated heterocycles. The Bertz CT molecular complexity index is 956. The highest BCUT2D eigenvalue weighted by atomic mass is 35.5. The third-order valence-corrected chi connectivity index (χ3v) is 4.76. The standard InChI is InChI=1S/C21H18Cl2N2O2.C2H6/c1-2-27-18-12-4-3-7-13(18)16-10-6-11-17(25-16)20(21(24)26)19-14(22)8-5-9-15(19)23;1-2/h3-12,20H,2H2,1H3,(H2,24,26);1-2H3. The lowest BCUT2D eigenvalue weighted by atomic mass is 9.93. The zero-order valence-electron chi connectivity index (χ0n) is 16.7. The molecule has 6 heteroatoms. The molecule has 1 unspecified atom stereocenters. The lowest BCUT2D eigenvalue weighted by Crippen LogP contribution is -2.24. The van der Waals surface area contributed by atoms with Gasteiger partial charge < -0.3 is 10.5 Å². The van der Waals surface area contributed by atoms with Crippen LogP contribution in [0.25, 0.3) is 11.3 Å². The summed E-state index contributed by atoms with van der Waals surface area (Å²) in [6.07, 6.45) is 0. The van der Waals surface area contributed by atoms with Crippen molar-refractivity contribution in [3.05, 3.63) is 82.0 Å². The number of hydrogen-bond acceptors (Lipinski definition) is 3. The lowest BCUT2D eigenvalue weighted by Gasteiger charge is -2.18. The van der Waals surface area contributed by atoms with Crippen molar-refractivity contribution in [3.63, 3.8) is 0 Å². The van der Waals surface area contributed by atoms with E-state index in [-0.39, 0.29) is 0 Å². The summed E-state index contributed by atoms with van der Waals surface area (Å²) in [5.41, 5.74) is 8.11. The number of ether oxygens (including phenoxy) is 1. The molecule has 3 rings (SSSR count). The second-order valence-corrected chi connectivity index (χ2v) is 6.66. The minimum absolute atomic E-state index is 0.369. The van der Waals surface area contributed by atoms with Crippen molar-refractivity contribution in [2.75, 3.05) is 6.61 Å². The van der Waals surface area contributed by atoms with Crippen LogP contribution >= 0.6 is 23.2 Å². The number of pyridine rings is 1. The SMILES string of the molecule is CC.CCOc1ccccc1-c1cccc(C(C(N)=O)c2c(Cl)cccc2Cl)n1. The van der Waals surface area contributed by atoms with E-state index in [0.29, 0.717) is 33.6 Å². The van der Waals surface area contributed by atoms with Crippen molar-refractivity contribution in [2.24, 2.45) is 5.73 Å². The van der Waals surface area contributed by atoms with E-state index in [2.05, 4.69) is 4.98 Å². The van der Waals surface area contributed by atoms with Crippen LogP contribution in [0.15, 0.2) is 60.7 Å². The molecule has 1 atom stereocenters. The van der Waals surface area contributed by atoms with Gasteiger partial charge in [-0.25, -0.2) is 0 Å². The van der Waals surface area contributed by atoms with Gasteiger partial charge in [-0.15, -0.1) is 0 Å². The Labute approximate surface area is 181 Å². The number of para-hydroxylation sites is 1. The summed E-state index contributed by atoms with van der Waals surface area (Å²) in [5.74, 6) is -0.714. The molecule has 2 aromatic carbocycles. The van der Waals surface area contributed by atoms with Crippen LogP contribution in [-0.2, 0) is 4.79 Å². The lowest BCUT2D eigenvalue weighted by molar-refractivity contribution is -0.118. The number of carbonyl (C=O) groups is 1. The molecule has 1 amide bonds. The van der Waals surface area contributed by atoms with Crippen molar-refractivity contribution in [3.8, 4) is 17.0 Å². The van der Waals surface area contributed by atoms with Gasteiger partial charge in [-0.3, -0.25) is 9.78 Å². The molecule has 0 saturated carbocycles. The van der Waals surface area contributed by atoms with E-state index in [0.717, 1.165) is 11.3 Å². The van der Waals surface area contributed by atoms with Crippen molar-refractivity contribution in [2.45, 2.75) is 26.7 Å². The molecule has 1 heterocycles. The number of aromatic nitrogens is 1. The number of primary amides is 1. The van der Waals surface area contributed by atoms with Crippen LogP contribution < -0.4 is 10.5 Å². The third kappa shape index (κ3) is 5.28. The highest BCUT2D eigenvalue weighted by Crippen LogP contribution is 2.36. The minimum atomic E-state index is -0.856. The zero-order valence-corrected chi connectivity index (χ0v) is 18.2. The molecule has 0 aliphatic rings. The van der Waals surface area contributed by atoms with E-state index >= 15 is 0 Å². The van der Waals surface area contributed by atoms with Gasteiger partial charge in [0.2, 0.25) is 5.91 Å². The Morgan fingerprint density at radius 1 is 1.00 bits per heavy atom. The summed E-state index contributed by atoms with van der Waals surface area (Å²) in [5, 5.41) is 0.737. The van der Waals surface area contributed by atoms with Gasteiger partial charge >= 0.3 is 0 Å². The molecule has 0 radical (unpaired) electrons. The Balaban J connectivity index is 0.00000145. The number of rotatable bonds is 6. The first kappa shape index (κ1) is 22.7. The fourth-order valence-electron chi connectivity index (χ4n) is 2.94. The molecular weight excluding hydrogens is 407 g/mol. The van der Waals surface area contributed by atoms with Crippen molar-refractivity contribution in [1.82, 2.24) is 4.98 Å². The Kier molecular flexibility index (Phi) is 8.50. The van der Waals surface area contributed by atoms with Crippen LogP contribution in [0.5, 0.6) is 5.75 Å². The van der Waals surface area contributed by atoms with Crippen LogP contribution in [0, 0.1) is 0 Å². The second kappa shape index (κ2) is 10.8. The van der Waals surface area contributed by atoms with Crippen LogP contribution in [0.1, 0.15) is 37.9 Å². The number of halogens is 2. The minimum Gasteiger partial charge on any atom is -0.493 e. The molecule has 29 heavy (non-hydrogen) atoms. The molecule has 3 aromatic rings. The summed E-state index contributed by atoms with van der Waals surface area (Å²) in [6.45, 7) is 6.46. The Morgan fingerprint density at radius 2 is 1.62 bits per heavy atom. The molecule has 0 bridgehead atoms. The summed E-state index contributed by atoms with van der Waals surface area (Å²) in [4.78, 5) is 16.9. The summed E-state index contributed by atoms with van der Waals surface area (Å²) in [6, 6.07) is 18.1. The summed E-state index contributed by atoms with van der Waals surface area (Å²) < 4.78 is 5.69. The van der Waals surface area contributed by atoms with Gasteiger partial charge in [0.1, 0.15) is 11.7 Å². The Morgan fingerprint density at radius 3 is 2.24 bits per heavy atom. The fraction of sp³-hybridized carbons (Fsp3) is 0.217. The summed E-state index contributed by atoms with van der Waals surface area (Å²) >= 11 is 12.6. The van der Waals surface area contributed by atoms with Gasteiger partial charge in [0.25, 0.3) is 0 Å². The molecule has 1 aromatic heterocycles. The molecule has 0 fully saturated rings. The molecule has 0 aliphatic carbocycles. The van der Waals surface area contributed by atoms with E-state index in [1.807, 2.05) is 57.2 Å². The number of hydrogen-bond donors (Lipinski definition) is 1. The maximum atomic E-state index is 12.3. The van der Waals surface area contributed by atoms with Crippen molar-refractivity contribution < 1.29 is 9.53 Å². The van der Waals surface area contributed by atoms with Gasteiger partial charge in [0.15, 0.2) is 0 Å². The number of carbonyl (C=O) groups excluding carboxylic acids is 1. The van der Waals surface area contributed by atoms with Crippen molar-refractivity contribution >= 4 is 29.1 Å². The van der Waals surface area contributed by atoms with E-state index in [4.69, 9.17) is 33.7 Å². The molecular formula is C23H24Cl2N2O2. The molecule has 4 nitrogen and oxygen atoms in total. The van der Waals surface area contributed by atoms with Gasteiger partial charge in [-0.2, -0.15) is 0 Å². The quantitative estimate of drug-likeness (QED) is 0.513. The van der Waals surface area contributed by atoms with Crippen LogP contribution in [0.2, 0.25) is 10.0 Å². The zero-order chi connectivity index (χ0) is 21.4. The number of benzene rings is 2. The fourth-order valence-corrected chi connectivity index (χ4v) is 3.56. The smallest absolute Gasteiger partial charge is 0.231 e. The Hall–Kier alpha value is -2.56. The monoisotopic (exact) mass is 430 g/mol. The predicted octanol–water partition coefficient (Wildman–Crippen LogP) is 6.10. The predicted molar refractivity (Wildman–Crippen MR) is 120 cm³/mol. The topological polar surface area (TPSA) is 65.2 Å². The van der Waals surface area contributed by atoms with Crippen LogP contribution in [0.4, 0.5) is 0 Å². The average Bonchev–Trinajstić information content (AvgIpc) is 2.73. The largest absolute Gasteiger partial charge is 0.493 e. The van der Waals surface area contributed by atoms with E-state index < -0.39 is 11.8 Å². The molecule has 2 N–H and O–H groups in total. The van der Waals surface area contributed by atoms with Gasteiger partial charge in [0.05, 0.1) is 18.0 Å². The van der Waals surface area contributed by atoms with E-state index in [1.165, 1.54) is 0 Å². The van der Waals surface area contributed by atoms with Crippen molar-refractivity contribution in [1.29, 1.82) is 0 Å². The third-order valence-electron chi connectivity index (χ3n) is 4.10. The molecule has 152 valence electrons. The second-order valence-electron chi connectivity index (χ2n) is 5.85. The maximum absolute atomic E-state index is 12.3. The first-order valence-electron chi connectivity index (χ1n) is 9.45. The van der Waals surface area contributed by atoms with Crippen LogP contribution in [-0.4, -0.2) is 17.5 Å². The normalized spacial score (nSPS) is 11.2. The van der Waals surface area contributed by atoms with E-state index in [9.17, 15) is 4.79 Å². The highest BCUT2D eigenvalue weighted by molar-refractivity contribution is 6.36. The van der Waals surface area contributed by atoms with E-state index in [1.54, 1.807) is 24.3 Å². The van der Waals surface area contributed by atoms with Gasteiger partial charge in [0, 0.05) is 21.2 Å². The average molecular weight is 431 g/mol. The summed E-state index contributed by atoms with van der Waals surface area (Å²) in [7, 11) is 0. The molecule has 0 aliphatic heterocycles. The van der Waals surface area contributed by atoms with Gasteiger partial charge in [-0.05, 0) is 43.3 Å². The van der Waals surface area contributed by atoms with Crippen LogP contribution in [0.3, 0.4) is 0 Å². The highest BCUT2D eigenvalue weighted by Gasteiger charge is 2.27. The number of amides is 1. The molecule has 0 spiro atoms. The maximum Gasteiger partial charge on any atom is 0.231 e. The number of nitrogens with two attached hydrogens (primary N) is 1.